The monoisotopic (exact) mass is 546 g/mol. The second kappa shape index (κ2) is 11.6. The molecule has 41 heavy (non-hydrogen) atoms. The van der Waals surface area contributed by atoms with Gasteiger partial charge in [0.1, 0.15) is 24.3 Å². The third-order valence-corrected chi connectivity index (χ3v) is 8.03. The van der Waals surface area contributed by atoms with Gasteiger partial charge in [-0.05, 0) is 85.6 Å². The van der Waals surface area contributed by atoms with E-state index in [1.807, 2.05) is 0 Å². The lowest BCUT2D eigenvalue weighted by Crippen LogP contribution is -2.36. The molecule has 0 spiro atoms. The van der Waals surface area contributed by atoms with Crippen LogP contribution >= 0.6 is 0 Å². The lowest BCUT2D eigenvalue weighted by atomic mass is 10.0. The number of nitrogens with one attached hydrogen (secondary N) is 2. The van der Waals surface area contributed by atoms with Gasteiger partial charge in [-0.1, -0.05) is 12.1 Å². The van der Waals surface area contributed by atoms with Crippen LogP contribution in [0.2, 0.25) is 0 Å². The number of fused-ring (bicyclic) bond motifs is 2. The van der Waals surface area contributed by atoms with E-state index >= 15 is 0 Å². The maximum absolute atomic E-state index is 5.49. The second-order valence-corrected chi connectivity index (χ2v) is 10.7. The van der Waals surface area contributed by atoms with Crippen molar-refractivity contribution >= 4 is 44.8 Å². The van der Waals surface area contributed by atoms with Crippen molar-refractivity contribution in [2.75, 3.05) is 68.0 Å². The number of benzene rings is 3. The zero-order chi connectivity index (χ0) is 27.4. The number of rotatable bonds is 8. The molecular formula is C32H34N8O. The van der Waals surface area contributed by atoms with Crippen LogP contribution in [-0.4, -0.2) is 77.3 Å². The van der Waals surface area contributed by atoms with Crippen LogP contribution in [0.5, 0.6) is 0 Å². The first-order valence-electron chi connectivity index (χ1n) is 14.5. The summed E-state index contributed by atoms with van der Waals surface area (Å²) in [6.45, 7) is 7.67. The Morgan fingerprint density at radius 1 is 0.683 bits per heavy atom. The Bertz CT molecular complexity index is 1650. The molecule has 0 amide bonds. The molecule has 2 N–H and O–H groups in total. The van der Waals surface area contributed by atoms with Crippen molar-refractivity contribution in [1.29, 1.82) is 0 Å². The van der Waals surface area contributed by atoms with Gasteiger partial charge in [0.2, 0.25) is 0 Å². The average Bonchev–Trinajstić information content (AvgIpc) is 3.55. The van der Waals surface area contributed by atoms with E-state index in [-0.39, 0.29) is 0 Å². The molecule has 4 heterocycles. The van der Waals surface area contributed by atoms with Crippen LogP contribution in [0.3, 0.4) is 0 Å². The summed E-state index contributed by atoms with van der Waals surface area (Å²) in [7, 11) is 0. The molecule has 5 aromatic rings. The van der Waals surface area contributed by atoms with Crippen LogP contribution in [0, 0.1) is 0 Å². The molecule has 0 radical (unpaired) electrons. The van der Waals surface area contributed by atoms with E-state index < -0.39 is 0 Å². The first-order valence-corrected chi connectivity index (χ1v) is 14.5. The van der Waals surface area contributed by atoms with Gasteiger partial charge in [-0.15, -0.1) is 0 Å². The molecular weight excluding hydrogens is 512 g/mol. The van der Waals surface area contributed by atoms with Crippen LogP contribution < -0.4 is 15.5 Å². The number of ether oxygens (including phenoxy) is 1. The maximum atomic E-state index is 5.49. The quantitative estimate of drug-likeness (QED) is 0.268. The minimum atomic E-state index is 0.774. The molecule has 0 unspecified atom stereocenters. The van der Waals surface area contributed by atoms with Gasteiger partial charge in [-0.2, -0.15) is 0 Å². The highest BCUT2D eigenvalue weighted by molar-refractivity contribution is 5.96. The summed E-state index contributed by atoms with van der Waals surface area (Å²) in [5.41, 5.74) is 6.20. The first-order chi connectivity index (χ1) is 20.3. The van der Waals surface area contributed by atoms with E-state index in [1.165, 1.54) is 31.6 Å². The van der Waals surface area contributed by atoms with E-state index in [0.717, 1.165) is 89.6 Å². The topological polar surface area (TPSA) is 91.3 Å². The largest absolute Gasteiger partial charge is 0.378 e. The van der Waals surface area contributed by atoms with Gasteiger partial charge in [-0.3, -0.25) is 0 Å². The number of morpholine rings is 1. The first kappa shape index (κ1) is 25.6. The summed E-state index contributed by atoms with van der Waals surface area (Å²) in [6.07, 6.45) is 5.85. The van der Waals surface area contributed by atoms with Gasteiger partial charge >= 0.3 is 0 Å². The Morgan fingerprint density at radius 3 is 2.00 bits per heavy atom. The van der Waals surface area contributed by atoms with Crippen molar-refractivity contribution in [3.63, 3.8) is 0 Å². The summed E-state index contributed by atoms with van der Waals surface area (Å²) in [4.78, 5) is 23.1. The van der Waals surface area contributed by atoms with Crippen molar-refractivity contribution < 1.29 is 4.74 Å². The van der Waals surface area contributed by atoms with Gasteiger partial charge in [0.05, 0.1) is 24.2 Å². The zero-order valence-electron chi connectivity index (χ0n) is 23.1. The van der Waals surface area contributed by atoms with Crippen molar-refractivity contribution in [2.45, 2.75) is 12.8 Å². The molecule has 208 valence electrons. The van der Waals surface area contributed by atoms with Gasteiger partial charge in [0.15, 0.2) is 0 Å². The predicted octanol–water partition coefficient (Wildman–Crippen LogP) is 5.33. The number of hydrogen-bond acceptors (Lipinski definition) is 9. The summed E-state index contributed by atoms with van der Waals surface area (Å²) in [5, 5.41) is 9.06. The molecule has 2 fully saturated rings. The molecule has 3 aromatic carbocycles. The van der Waals surface area contributed by atoms with Crippen LogP contribution in [0.25, 0.3) is 32.9 Å². The van der Waals surface area contributed by atoms with Gasteiger partial charge in [-0.25, -0.2) is 19.9 Å². The zero-order valence-corrected chi connectivity index (χ0v) is 23.1. The van der Waals surface area contributed by atoms with Crippen molar-refractivity contribution in [3.8, 4) is 11.1 Å². The Hall–Kier alpha value is -4.34. The summed E-state index contributed by atoms with van der Waals surface area (Å²) in [5.74, 6) is 1.66. The Kier molecular flexibility index (Phi) is 7.27. The lowest BCUT2D eigenvalue weighted by molar-refractivity contribution is 0.122. The predicted molar refractivity (Wildman–Crippen MR) is 165 cm³/mol. The van der Waals surface area contributed by atoms with E-state index in [0.29, 0.717) is 0 Å². The third-order valence-electron chi connectivity index (χ3n) is 8.03. The van der Waals surface area contributed by atoms with Gasteiger partial charge < -0.3 is 25.2 Å². The highest BCUT2D eigenvalue weighted by Gasteiger charge is 2.14. The molecule has 2 aliphatic heterocycles. The summed E-state index contributed by atoms with van der Waals surface area (Å²) >= 11 is 0. The lowest BCUT2D eigenvalue weighted by Gasteiger charge is -2.28. The molecule has 7 rings (SSSR count). The standard InChI is InChI=1S/C32H34N8O/c1-2-13-39(12-1)14-11-33-31-27-19-23(3-9-29(27)34-21-36-31)24-4-10-30-28(20-24)32(37-22-35-30)38-25-5-7-26(8-6-25)40-15-17-41-18-16-40/h3-10,19-22H,1-2,11-18H2,(H,33,34,36)(H,35,37,38). The molecule has 2 saturated heterocycles. The Labute approximate surface area is 239 Å². The minimum absolute atomic E-state index is 0.774. The highest BCUT2D eigenvalue weighted by atomic mass is 16.5. The van der Waals surface area contributed by atoms with Crippen LogP contribution in [-0.2, 0) is 4.74 Å². The van der Waals surface area contributed by atoms with Crippen molar-refractivity contribution in [3.05, 3.63) is 73.3 Å². The van der Waals surface area contributed by atoms with Crippen LogP contribution in [0.1, 0.15) is 12.8 Å². The fraction of sp³-hybridized carbons (Fsp3) is 0.312. The molecule has 2 aliphatic rings. The minimum Gasteiger partial charge on any atom is -0.378 e. The summed E-state index contributed by atoms with van der Waals surface area (Å²) < 4.78 is 5.49. The number of aromatic nitrogens is 4. The van der Waals surface area contributed by atoms with Crippen LogP contribution in [0.15, 0.2) is 73.3 Å². The molecule has 0 saturated carbocycles. The number of nitrogens with zero attached hydrogens (tertiary/aromatic N) is 6. The normalized spacial score (nSPS) is 16.0. The maximum Gasteiger partial charge on any atom is 0.141 e. The van der Waals surface area contributed by atoms with E-state index in [4.69, 9.17) is 4.74 Å². The fourth-order valence-electron chi connectivity index (χ4n) is 5.77. The molecule has 9 heteroatoms. The van der Waals surface area contributed by atoms with E-state index in [1.54, 1.807) is 12.7 Å². The van der Waals surface area contributed by atoms with Crippen molar-refractivity contribution in [2.24, 2.45) is 0 Å². The SMILES string of the molecule is c1nc(NCCN2CCCC2)c2cc(-c3ccc4ncnc(Nc5ccc(N6CCOCC6)cc5)c4c3)ccc2n1. The summed E-state index contributed by atoms with van der Waals surface area (Å²) in [6, 6.07) is 21.2. The molecule has 0 atom stereocenters. The number of likely N-dealkylation sites (tertiary alicyclic amines) is 1. The molecule has 0 bridgehead atoms. The second-order valence-electron chi connectivity index (χ2n) is 10.7. The van der Waals surface area contributed by atoms with Gasteiger partial charge in [0.25, 0.3) is 0 Å². The number of hydrogen-bond donors (Lipinski definition) is 2. The number of anilines is 4. The fourth-order valence-corrected chi connectivity index (χ4v) is 5.77. The van der Waals surface area contributed by atoms with E-state index in [9.17, 15) is 0 Å². The Morgan fingerprint density at radius 2 is 1.32 bits per heavy atom. The highest BCUT2D eigenvalue weighted by Crippen LogP contribution is 2.32. The molecule has 9 nitrogen and oxygen atoms in total. The third kappa shape index (κ3) is 5.64. The Balaban J connectivity index is 1.14. The van der Waals surface area contributed by atoms with Crippen LogP contribution in [0.4, 0.5) is 23.0 Å². The van der Waals surface area contributed by atoms with Crippen molar-refractivity contribution in [1.82, 2.24) is 24.8 Å². The smallest absolute Gasteiger partial charge is 0.141 e. The van der Waals surface area contributed by atoms with Gasteiger partial charge in [0, 0.05) is 48.3 Å². The van der Waals surface area contributed by atoms with E-state index in [2.05, 4.69) is 101 Å². The average molecular weight is 547 g/mol. The molecule has 0 aliphatic carbocycles. The molecule has 2 aromatic heterocycles.